The minimum Gasteiger partial charge on any atom is -0.504 e. The number of carbonyl (C=O) groups is 1. The van der Waals surface area contributed by atoms with Crippen LogP contribution in [-0.4, -0.2) is 34.5 Å². The predicted molar refractivity (Wildman–Crippen MR) is 118 cm³/mol. The number of carboxylic acids is 1. The highest BCUT2D eigenvalue weighted by Crippen LogP contribution is 2.25. The minimum atomic E-state index is -1.06. The molecule has 0 heterocycles. The lowest BCUT2D eigenvalue weighted by Crippen LogP contribution is -2.02. The van der Waals surface area contributed by atoms with E-state index in [1.807, 2.05) is 12.1 Å². The minimum absolute atomic E-state index is 0.229. The molecule has 0 unspecified atom stereocenters. The smallest absolute Gasteiger partial charge is 0.328 e. The van der Waals surface area contributed by atoms with Crippen molar-refractivity contribution in [3.05, 3.63) is 102 Å². The van der Waals surface area contributed by atoms with Gasteiger partial charge < -0.3 is 20.1 Å². The maximum atomic E-state index is 10.1. The lowest BCUT2D eigenvalue weighted by Gasteiger charge is -2.04. The van der Waals surface area contributed by atoms with Gasteiger partial charge >= 0.3 is 5.97 Å². The third kappa shape index (κ3) is 9.08. The molecule has 0 aliphatic rings. The molecular formula is C25H26O5. The largest absolute Gasteiger partial charge is 0.504 e. The number of phenols is 2. The SMILES string of the molecule is O=C(O)C=Cc1ccc(O)c(O)c1.c1ccc(CCOCCc2ccccc2)cc1. The number of aromatic hydroxyl groups is 2. The molecule has 0 fully saturated rings. The van der Waals surface area contributed by atoms with E-state index in [2.05, 4.69) is 48.5 Å². The Morgan fingerprint density at radius 2 is 1.30 bits per heavy atom. The molecule has 0 aliphatic heterocycles. The van der Waals surface area contributed by atoms with Crippen LogP contribution >= 0.6 is 0 Å². The molecule has 3 aromatic carbocycles. The van der Waals surface area contributed by atoms with Crippen molar-refractivity contribution in [3.8, 4) is 11.5 Å². The van der Waals surface area contributed by atoms with E-state index in [0.717, 1.165) is 32.1 Å². The van der Waals surface area contributed by atoms with Gasteiger partial charge in [0, 0.05) is 6.08 Å². The van der Waals surface area contributed by atoms with E-state index >= 15 is 0 Å². The highest BCUT2D eigenvalue weighted by atomic mass is 16.5. The quantitative estimate of drug-likeness (QED) is 0.287. The molecule has 0 aromatic heterocycles. The summed E-state index contributed by atoms with van der Waals surface area (Å²) in [6.45, 7) is 1.60. The van der Waals surface area contributed by atoms with Crippen molar-refractivity contribution < 1.29 is 24.9 Å². The van der Waals surface area contributed by atoms with E-state index in [1.54, 1.807) is 0 Å². The Morgan fingerprint density at radius 3 is 1.77 bits per heavy atom. The van der Waals surface area contributed by atoms with Crippen LogP contribution in [0, 0.1) is 0 Å². The Kier molecular flexibility index (Phi) is 9.69. The third-order valence-corrected chi connectivity index (χ3v) is 4.17. The number of benzene rings is 3. The number of hydrogen-bond donors (Lipinski definition) is 3. The van der Waals surface area contributed by atoms with Gasteiger partial charge in [-0.1, -0.05) is 66.7 Å². The molecular weight excluding hydrogens is 380 g/mol. The van der Waals surface area contributed by atoms with Crippen molar-refractivity contribution in [2.45, 2.75) is 12.8 Å². The van der Waals surface area contributed by atoms with Crippen molar-refractivity contribution in [1.82, 2.24) is 0 Å². The molecule has 3 rings (SSSR count). The summed E-state index contributed by atoms with van der Waals surface area (Å²) < 4.78 is 5.64. The fourth-order valence-electron chi connectivity index (χ4n) is 2.58. The summed E-state index contributed by atoms with van der Waals surface area (Å²) >= 11 is 0. The predicted octanol–water partition coefficient (Wildman–Crippen LogP) is 4.68. The van der Waals surface area contributed by atoms with Crippen molar-refractivity contribution >= 4 is 12.0 Å². The monoisotopic (exact) mass is 406 g/mol. The van der Waals surface area contributed by atoms with Crippen molar-refractivity contribution in [1.29, 1.82) is 0 Å². The van der Waals surface area contributed by atoms with Gasteiger partial charge in [0.1, 0.15) is 0 Å². The van der Waals surface area contributed by atoms with Crippen LogP contribution in [0.1, 0.15) is 16.7 Å². The van der Waals surface area contributed by atoms with Gasteiger partial charge in [0.15, 0.2) is 11.5 Å². The number of phenolic OH excluding ortho intramolecular Hbond substituents is 2. The first-order chi connectivity index (χ1) is 14.5. The summed E-state index contributed by atoms with van der Waals surface area (Å²) in [6.07, 6.45) is 4.26. The van der Waals surface area contributed by atoms with Gasteiger partial charge in [-0.05, 0) is 47.7 Å². The highest BCUT2D eigenvalue weighted by molar-refractivity contribution is 5.85. The second-order valence-corrected chi connectivity index (χ2v) is 6.50. The van der Waals surface area contributed by atoms with Crippen LogP contribution in [0.4, 0.5) is 0 Å². The molecule has 0 bridgehead atoms. The second-order valence-electron chi connectivity index (χ2n) is 6.50. The summed E-state index contributed by atoms with van der Waals surface area (Å²) in [5, 5.41) is 26.3. The van der Waals surface area contributed by atoms with Gasteiger partial charge in [0.05, 0.1) is 13.2 Å². The number of hydrogen-bond acceptors (Lipinski definition) is 4. The molecule has 3 N–H and O–H groups in total. The average molecular weight is 406 g/mol. The number of aliphatic carboxylic acids is 1. The Morgan fingerprint density at radius 1 is 0.767 bits per heavy atom. The third-order valence-electron chi connectivity index (χ3n) is 4.17. The van der Waals surface area contributed by atoms with E-state index in [9.17, 15) is 4.79 Å². The van der Waals surface area contributed by atoms with Gasteiger partial charge in [-0.25, -0.2) is 4.79 Å². The van der Waals surface area contributed by atoms with Gasteiger partial charge in [-0.2, -0.15) is 0 Å². The molecule has 30 heavy (non-hydrogen) atoms. The van der Waals surface area contributed by atoms with Crippen LogP contribution in [0.25, 0.3) is 6.08 Å². The molecule has 0 spiro atoms. The fourth-order valence-corrected chi connectivity index (χ4v) is 2.58. The van der Waals surface area contributed by atoms with Gasteiger partial charge in [0.25, 0.3) is 0 Å². The Hall–Kier alpha value is -3.57. The standard InChI is InChI=1S/C16H18O.C9H8O4/c1-3-7-15(8-4-1)11-13-17-14-12-16-9-5-2-6-10-16;10-7-3-1-6(5-8(7)11)2-4-9(12)13/h1-10H,11-14H2;1-5,10-11H,(H,12,13). The summed E-state index contributed by atoms with van der Waals surface area (Å²) in [4.78, 5) is 10.1. The van der Waals surface area contributed by atoms with E-state index in [0.29, 0.717) is 5.56 Å². The zero-order chi connectivity index (χ0) is 21.6. The first kappa shape index (κ1) is 22.7. The maximum absolute atomic E-state index is 10.1. The molecule has 5 nitrogen and oxygen atoms in total. The normalized spacial score (nSPS) is 10.4. The van der Waals surface area contributed by atoms with Crippen LogP contribution < -0.4 is 0 Å². The topological polar surface area (TPSA) is 87.0 Å². The highest BCUT2D eigenvalue weighted by Gasteiger charge is 1.98. The van der Waals surface area contributed by atoms with E-state index in [1.165, 1.54) is 35.4 Å². The molecule has 0 aliphatic carbocycles. The lowest BCUT2D eigenvalue weighted by molar-refractivity contribution is -0.131. The first-order valence-corrected chi connectivity index (χ1v) is 9.63. The molecule has 5 heteroatoms. The van der Waals surface area contributed by atoms with E-state index in [-0.39, 0.29) is 11.5 Å². The molecule has 0 saturated heterocycles. The molecule has 3 aromatic rings. The summed E-state index contributed by atoms with van der Waals surface area (Å²) in [5.74, 6) is -1.56. The maximum Gasteiger partial charge on any atom is 0.328 e. The summed E-state index contributed by atoms with van der Waals surface area (Å²) in [6, 6.07) is 25.0. The van der Waals surface area contributed by atoms with Crippen LogP contribution in [0.15, 0.2) is 84.9 Å². The van der Waals surface area contributed by atoms with Crippen LogP contribution in [-0.2, 0) is 22.4 Å². The van der Waals surface area contributed by atoms with Gasteiger partial charge in [0.2, 0.25) is 0 Å². The average Bonchev–Trinajstić information content (AvgIpc) is 2.76. The molecule has 0 atom stereocenters. The molecule has 156 valence electrons. The zero-order valence-electron chi connectivity index (χ0n) is 16.6. The first-order valence-electron chi connectivity index (χ1n) is 9.63. The van der Waals surface area contributed by atoms with E-state index < -0.39 is 5.97 Å². The Balaban J connectivity index is 0.000000222. The van der Waals surface area contributed by atoms with Crippen LogP contribution in [0.3, 0.4) is 0 Å². The zero-order valence-corrected chi connectivity index (χ0v) is 16.6. The second kappa shape index (κ2) is 12.8. The lowest BCUT2D eigenvalue weighted by atomic mass is 10.1. The Labute approximate surface area is 176 Å². The number of ether oxygens (including phenoxy) is 1. The molecule has 0 saturated carbocycles. The van der Waals surface area contributed by atoms with Gasteiger partial charge in [-0.15, -0.1) is 0 Å². The number of rotatable bonds is 8. The summed E-state index contributed by atoms with van der Waals surface area (Å²) in [7, 11) is 0. The number of carboxylic acid groups (broad SMARTS) is 1. The summed E-state index contributed by atoms with van der Waals surface area (Å²) in [5.41, 5.74) is 3.19. The van der Waals surface area contributed by atoms with E-state index in [4.69, 9.17) is 20.1 Å². The van der Waals surface area contributed by atoms with Gasteiger partial charge in [-0.3, -0.25) is 0 Å². The molecule has 0 radical (unpaired) electrons. The van der Waals surface area contributed by atoms with Crippen molar-refractivity contribution in [2.75, 3.05) is 13.2 Å². The molecule has 0 amide bonds. The van der Waals surface area contributed by atoms with Crippen molar-refractivity contribution in [2.24, 2.45) is 0 Å². The Bertz CT molecular complexity index is 879. The van der Waals surface area contributed by atoms with Crippen LogP contribution in [0.2, 0.25) is 0 Å². The van der Waals surface area contributed by atoms with Crippen molar-refractivity contribution in [3.63, 3.8) is 0 Å². The fraction of sp³-hybridized carbons (Fsp3) is 0.160. The van der Waals surface area contributed by atoms with Crippen LogP contribution in [0.5, 0.6) is 11.5 Å².